The first-order valence-corrected chi connectivity index (χ1v) is 4.09. The Morgan fingerprint density at radius 3 is 2.62 bits per heavy atom. The summed E-state index contributed by atoms with van der Waals surface area (Å²) in [5, 5.41) is 9.41. The molecule has 0 heterocycles. The van der Waals surface area contributed by atoms with Crippen LogP contribution in [0, 0.1) is 0 Å². The van der Waals surface area contributed by atoms with E-state index in [1.54, 1.807) is 19.9 Å². The highest BCUT2D eigenvalue weighted by atomic mass is 16.5. The van der Waals surface area contributed by atoms with Crippen molar-refractivity contribution in [2.24, 2.45) is 0 Å². The van der Waals surface area contributed by atoms with Crippen LogP contribution >= 0.6 is 0 Å². The van der Waals surface area contributed by atoms with Gasteiger partial charge in [-0.05, 0) is 20.8 Å². The van der Waals surface area contributed by atoms with Crippen LogP contribution < -0.4 is 0 Å². The first kappa shape index (κ1) is 11.9. The first-order chi connectivity index (χ1) is 5.93. The third kappa shape index (κ3) is 4.48. The van der Waals surface area contributed by atoms with Gasteiger partial charge in [-0.25, -0.2) is 4.79 Å². The van der Waals surface area contributed by atoms with Crippen molar-refractivity contribution in [1.29, 1.82) is 0 Å². The summed E-state index contributed by atoms with van der Waals surface area (Å²) in [6, 6.07) is 0. The fraction of sp³-hybridized carbons (Fsp3) is 0.500. The molecule has 0 rings (SSSR count). The largest absolute Gasteiger partial charge is 0.459 e. The van der Waals surface area contributed by atoms with E-state index in [0.717, 1.165) is 0 Å². The lowest BCUT2D eigenvalue weighted by Gasteiger charge is -2.17. The van der Waals surface area contributed by atoms with E-state index >= 15 is 0 Å². The Labute approximate surface area is 78.7 Å². The maximum atomic E-state index is 11.1. The number of hydrogen-bond donors (Lipinski definition) is 1. The van der Waals surface area contributed by atoms with E-state index in [1.807, 2.05) is 0 Å². The molecule has 0 aromatic carbocycles. The minimum absolute atomic E-state index is 0.0689. The number of aliphatic hydroxyl groups is 1. The van der Waals surface area contributed by atoms with Gasteiger partial charge in [0.05, 0.1) is 0 Å². The first-order valence-electron chi connectivity index (χ1n) is 4.09. The van der Waals surface area contributed by atoms with Crippen LogP contribution in [0.3, 0.4) is 0 Å². The molecule has 3 nitrogen and oxygen atoms in total. The van der Waals surface area contributed by atoms with Gasteiger partial charge in [-0.3, -0.25) is 0 Å². The third-order valence-electron chi connectivity index (χ3n) is 1.69. The lowest BCUT2D eigenvalue weighted by atomic mass is 10.1. The van der Waals surface area contributed by atoms with Gasteiger partial charge in [-0.15, -0.1) is 6.58 Å². The fourth-order valence-corrected chi connectivity index (χ4v) is 0.502. The van der Waals surface area contributed by atoms with Gasteiger partial charge in [0.25, 0.3) is 0 Å². The Balaban J connectivity index is 4.04. The van der Waals surface area contributed by atoms with E-state index in [4.69, 9.17) is 4.74 Å². The molecule has 0 aliphatic rings. The summed E-state index contributed by atoms with van der Waals surface area (Å²) in [6.07, 6.45) is 3.00. The number of hydrogen-bond acceptors (Lipinski definition) is 3. The monoisotopic (exact) mass is 184 g/mol. The number of esters is 1. The van der Waals surface area contributed by atoms with Crippen molar-refractivity contribution in [2.45, 2.75) is 26.4 Å². The Morgan fingerprint density at radius 2 is 2.23 bits per heavy atom. The second-order valence-corrected chi connectivity index (χ2v) is 3.11. The SMILES string of the molecule is C=C[C@@](C)(O)COC(=O)/C(C)=C\C. The summed E-state index contributed by atoms with van der Waals surface area (Å²) in [7, 11) is 0. The van der Waals surface area contributed by atoms with E-state index < -0.39 is 11.6 Å². The van der Waals surface area contributed by atoms with Crippen LogP contribution in [0.25, 0.3) is 0 Å². The molecule has 0 aromatic heterocycles. The molecule has 1 atom stereocenters. The molecular weight excluding hydrogens is 168 g/mol. The van der Waals surface area contributed by atoms with Gasteiger partial charge >= 0.3 is 5.97 Å². The van der Waals surface area contributed by atoms with Gasteiger partial charge in [0.2, 0.25) is 0 Å². The summed E-state index contributed by atoms with van der Waals surface area (Å²) in [6.45, 7) is 8.29. The summed E-state index contributed by atoms with van der Waals surface area (Å²) < 4.78 is 4.82. The van der Waals surface area contributed by atoms with Crippen molar-refractivity contribution in [3.05, 3.63) is 24.3 Å². The molecular formula is C10H16O3. The zero-order valence-electron chi connectivity index (χ0n) is 8.33. The topological polar surface area (TPSA) is 46.5 Å². The molecule has 3 heteroatoms. The van der Waals surface area contributed by atoms with Gasteiger partial charge in [-0.2, -0.15) is 0 Å². The normalized spacial score (nSPS) is 16.2. The molecule has 0 aliphatic heterocycles. The lowest BCUT2D eigenvalue weighted by molar-refractivity contribution is -0.143. The molecule has 0 aromatic rings. The van der Waals surface area contributed by atoms with Crippen LogP contribution in [0.15, 0.2) is 24.3 Å². The van der Waals surface area contributed by atoms with Crippen LogP contribution in [-0.4, -0.2) is 23.3 Å². The molecule has 0 bridgehead atoms. The maximum Gasteiger partial charge on any atom is 0.333 e. The molecule has 0 unspecified atom stereocenters. The van der Waals surface area contributed by atoms with Crippen LogP contribution in [0.1, 0.15) is 20.8 Å². The molecule has 0 radical (unpaired) electrons. The maximum absolute atomic E-state index is 11.1. The van der Waals surface area contributed by atoms with E-state index in [9.17, 15) is 9.90 Å². The number of allylic oxidation sites excluding steroid dienone is 1. The van der Waals surface area contributed by atoms with Gasteiger partial charge in [-0.1, -0.05) is 12.2 Å². The molecule has 0 aliphatic carbocycles. The van der Waals surface area contributed by atoms with Crippen LogP contribution in [0.4, 0.5) is 0 Å². The zero-order chi connectivity index (χ0) is 10.5. The highest BCUT2D eigenvalue weighted by Gasteiger charge is 2.18. The zero-order valence-corrected chi connectivity index (χ0v) is 8.33. The van der Waals surface area contributed by atoms with Gasteiger partial charge in [0.1, 0.15) is 12.2 Å². The smallest absolute Gasteiger partial charge is 0.333 e. The van der Waals surface area contributed by atoms with E-state index in [0.29, 0.717) is 5.57 Å². The van der Waals surface area contributed by atoms with Crippen LogP contribution in [0.2, 0.25) is 0 Å². The number of carbonyl (C=O) groups excluding carboxylic acids is 1. The molecule has 0 fully saturated rings. The molecule has 0 amide bonds. The van der Waals surface area contributed by atoms with Crippen LogP contribution in [-0.2, 0) is 9.53 Å². The minimum Gasteiger partial charge on any atom is -0.459 e. The summed E-state index contributed by atoms with van der Waals surface area (Å²) in [5.41, 5.74) is -0.621. The van der Waals surface area contributed by atoms with Crippen molar-refractivity contribution in [2.75, 3.05) is 6.61 Å². The molecule has 74 valence electrons. The van der Waals surface area contributed by atoms with Crippen molar-refractivity contribution in [3.8, 4) is 0 Å². The second kappa shape index (κ2) is 4.82. The number of ether oxygens (including phenoxy) is 1. The number of rotatable bonds is 4. The average Bonchev–Trinajstić information content (AvgIpc) is 2.13. The highest BCUT2D eigenvalue weighted by Crippen LogP contribution is 2.06. The molecule has 13 heavy (non-hydrogen) atoms. The van der Waals surface area contributed by atoms with Gasteiger partial charge in [0, 0.05) is 5.57 Å². The lowest BCUT2D eigenvalue weighted by Crippen LogP contribution is -2.29. The number of carbonyl (C=O) groups is 1. The Bertz CT molecular complexity index is 226. The van der Waals surface area contributed by atoms with E-state index in [2.05, 4.69) is 6.58 Å². The average molecular weight is 184 g/mol. The van der Waals surface area contributed by atoms with Crippen LogP contribution in [0.5, 0.6) is 0 Å². The summed E-state index contributed by atoms with van der Waals surface area (Å²) >= 11 is 0. The summed E-state index contributed by atoms with van der Waals surface area (Å²) in [5.74, 6) is -0.412. The van der Waals surface area contributed by atoms with Gasteiger partial charge < -0.3 is 9.84 Å². The quantitative estimate of drug-likeness (QED) is 0.408. The molecule has 0 saturated heterocycles. The van der Waals surface area contributed by atoms with Gasteiger partial charge in [0.15, 0.2) is 0 Å². The second-order valence-electron chi connectivity index (χ2n) is 3.11. The predicted molar refractivity (Wildman–Crippen MR) is 51.2 cm³/mol. The Morgan fingerprint density at radius 1 is 1.69 bits per heavy atom. The Kier molecular flexibility index (Phi) is 4.42. The van der Waals surface area contributed by atoms with Crippen molar-refractivity contribution < 1.29 is 14.6 Å². The molecule has 1 N–H and O–H groups in total. The fourth-order valence-electron chi connectivity index (χ4n) is 0.502. The van der Waals surface area contributed by atoms with E-state index in [1.165, 1.54) is 13.0 Å². The summed E-state index contributed by atoms with van der Waals surface area (Å²) in [4.78, 5) is 11.1. The van der Waals surface area contributed by atoms with Crippen molar-refractivity contribution >= 4 is 5.97 Å². The standard InChI is InChI=1S/C10H16O3/c1-5-8(3)9(11)13-7-10(4,12)6-2/h5-6,12H,2,7H2,1,3-4H3/b8-5-/t10-/m1/s1. The molecule has 0 saturated carbocycles. The minimum atomic E-state index is -1.15. The predicted octanol–water partition coefficient (Wildman–Crippen LogP) is 1.43. The third-order valence-corrected chi connectivity index (χ3v) is 1.69. The van der Waals surface area contributed by atoms with E-state index in [-0.39, 0.29) is 6.61 Å². The Hall–Kier alpha value is -1.09. The highest BCUT2D eigenvalue weighted by molar-refractivity contribution is 5.87. The van der Waals surface area contributed by atoms with Crippen molar-refractivity contribution in [1.82, 2.24) is 0 Å². The molecule has 0 spiro atoms. The van der Waals surface area contributed by atoms with Crippen molar-refractivity contribution in [3.63, 3.8) is 0 Å².